The zero-order valence-corrected chi connectivity index (χ0v) is 20.0. The number of hydrogen-bond acceptors (Lipinski definition) is 4. The smallest absolute Gasteiger partial charge is 0.264 e. The van der Waals surface area contributed by atoms with E-state index in [1.165, 1.54) is 29.0 Å². The molecule has 3 aromatic rings. The number of para-hydroxylation sites is 1. The van der Waals surface area contributed by atoms with Gasteiger partial charge in [0.15, 0.2) is 0 Å². The van der Waals surface area contributed by atoms with Crippen molar-refractivity contribution in [3.63, 3.8) is 0 Å². The molecule has 1 saturated heterocycles. The predicted molar refractivity (Wildman–Crippen MR) is 131 cm³/mol. The van der Waals surface area contributed by atoms with Crippen LogP contribution in [-0.4, -0.2) is 57.4 Å². The van der Waals surface area contributed by atoms with Crippen LogP contribution in [0.25, 0.3) is 0 Å². The first-order valence-electron chi connectivity index (χ1n) is 10.7. The van der Waals surface area contributed by atoms with Crippen molar-refractivity contribution in [2.45, 2.75) is 11.4 Å². The lowest BCUT2D eigenvalue weighted by atomic mass is 10.1. The van der Waals surface area contributed by atoms with Gasteiger partial charge >= 0.3 is 0 Å². The molecule has 172 valence electrons. The van der Waals surface area contributed by atoms with Gasteiger partial charge in [0.2, 0.25) is 0 Å². The second-order valence-corrected chi connectivity index (χ2v) is 10.4. The average Bonchev–Trinajstić information content (AvgIpc) is 2.85. The van der Waals surface area contributed by atoms with E-state index >= 15 is 0 Å². The number of hydrogen-bond donors (Lipinski definition) is 0. The lowest BCUT2D eigenvalue weighted by Crippen LogP contribution is -2.48. The summed E-state index contributed by atoms with van der Waals surface area (Å²) >= 11 is 5.96. The van der Waals surface area contributed by atoms with E-state index in [1.807, 2.05) is 30.3 Å². The molecule has 0 aliphatic carbocycles. The Bertz CT molecular complexity index is 1210. The number of carbonyl (C=O) groups is 1. The second kappa shape index (κ2) is 9.95. The third-order valence-corrected chi connectivity index (χ3v) is 7.87. The molecule has 8 heteroatoms. The number of halogens is 1. The molecule has 1 heterocycles. The van der Waals surface area contributed by atoms with Gasteiger partial charge in [0.05, 0.1) is 10.6 Å². The summed E-state index contributed by atoms with van der Waals surface area (Å²) in [5.41, 5.74) is 2.12. The van der Waals surface area contributed by atoms with Crippen LogP contribution >= 0.6 is 11.6 Å². The van der Waals surface area contributed by atoms with Crippen LogP contribution < -0.4 is 4.31 Å². The Balaban J connectivity index is 1.42. The van der Waals surface area contributed by atoms with E-state index in [9.17, 15) is 13.2 Å². The van der Waals surface area contributed by atoms with Gasteiger partial charge < -0.3 is 4.90 Å². The molecule has 1 fully saturated rings. The fraction of sp³-hybridized carbons (Fsp3) is 0.240. The molecule has 0 aromatic heterocycles. The van der Waals surface area contributed by atoms with Crippen LogP contribution in [0.1, 0.15) is 15.9 Å². The number of benzene rings is 3. The summed E-state index contributed by atoms with van der Waals surface area (Å²) < 4.78 is 27.4. The van der Waals surface area contributed by atoms with E-state index in [4.69, 9.17) is 11.6 Å². The summed E-state index contributed by atoms with van der Waals surface area (Å²) in [4.78, 5) is 17.3. The zero-order chi connectivity index (χ0) is 23.4. The highest BCUT2D eigenvalue weighted by atomic mass is 35.5. The largest absolute Gasteiger partial charge is 0.336 e. The van der Waals surface area contributed by atoms with E-state index in [2.05, 4.69) is 4.90 Å². The molecule has 1 aliphatic heterocycles. The molecule has 0 radical (unpaired) electrons. The number of sulfonamides is 1. The van der Waals surface area contributed by atoms with Crippen LogP contribution in [0.3, 0.4) is 0 Å². The van der Waals surface area contributed by atoms with Crippen molar-refractivity contribution in [3.8, 4) is 0 Å². The topological polar surface area (TPSA) is 60.9 Å². The summed E-state index contributed by atoms with van der Waals surface area (Å²) in [5, 5.41) is 0.716. The van der Waals surface area contributed by atoms with E-state index in [0.29, 0.717) is 29.4 Å². The summed E-state index contributed by atoms with van der Waals surface area (Å²) in [5.74, 6) is -0.152. The molecule has 33 heavy (non-hydrogen) atoms. The summed E-state index contributed by atoms with van der Waals surface area (Å²) in [7, 11) is -2.27. The molecule has 1 aliphatic rings. The van der Waals surface area contributed by atoms with Gasteiger partial charge in [0.1, 0.15) is 0 Å². The first-order chi connectivity index (χ1) is 15.8. The third kappa shape index (κ3) is 5.38. The SMILES string of the molecule is CN(c1ccccc1)S(=O)(=O)c1cccc(C(=O)N2CCN(Cc3ccc(Cl)cc3)CC2)c1. The molecule has 0 atom stereocenters. The van der Waals surface area contributed by atoms with Crippen LogP contribution in [0.4, 0.5) is 5.69 Å². The summed E-state index contributed by atoms with van der Waals surface area (Å²) in [6.45, 7) is 3.49. The van der Waals surface area contributed by atoms with Crippen molar-refractivity contribution in [1.29, 1.82) is 0 Å². The third-order valence-electron chi connectivity index (χ3n) is 5.84. The Hall–Kier alpha value is -2.87. The number of amides is 1. The van der Waals surface area contributed by atoms with Crippen molar-refractivity contribution < 1.29 is 13.2 Å². The fourth-order valence-corrected chi connectivity index (χ4v) is 5.23. The fourth-order valence-electron chi connectivity index (χ4n) is 3.86. The lowest BCUT2D eigenvalue weighted by molar-refractivity contribution is 0.0628. The van der Waals surface area contributed by atoms with Crippen LogP contribution in [0, 0.1) is 0 Å². The molecular weight excluding hydrogens is 458 g/mol. The number of nitrogens with zero attached hydrogens (tertiary/aromatic N) is 3. The van der Waals surface area contributed by atoms with Crippen LogP contribution in [0.2, 0.25) is 5.02 Å². The van der Waals surface area contributed by atoms with Gasteiger partial charge in [-0.2, -0.15) is 0 Å². The Morgan fingerprint density at radius 1 is 0.909 bits per heavy atom. The number of piperazine rings is 1. The predicted octanol–water partition coefficient (Wildman–Crippen LogP) is 4.12. The van der Waals surface area contributed by atoms with Gasteiger partial charge in [-0.3, -0.25) is 14.0 Å². The molecule has 3 aromatic carbocycles. The van der Waals surface area contributed by atoms with Crippen molar-refractivity contribution in [2.75, 3.05) is 37.5 Å². The van der Waals surface area contributed by atoms with E-state index in [1.54, 1.807) is 41.3 Å². The average molecular weight is 484 g/mol. The summed E-state index contributed by atoms with van der Waals surface area (Å²) in [6, 6.07) is 22.9. The Labute approximate surface area is 200 Å². The maximum atomic E-state index is 13.1. The van der Waals surface area contributed by atoms with Gasteiger partial charge in [0.25, 0.3) is 15.9 Å². The van der Waals surface area contributed by atoms with Crippen LogP contribution in [0.15, 0.2) is 83.8 Å². The number of carbonyl (C=O) groups excluding carboxylic acids is 1. The second-order valence-electron chi connectivity index (χ2n) is 8.03. The van der Waals surface area contributed by atoms with Crippen LogP contribution in [0.5, 0.6) is 0 Å². The molecule has 6 nitrogen and oxygen atoms in total. The van der Waals surface area contributed by atoms with Gasteiger partial charge in [-0.05, 0) is 48.0 Å². The Morgan fingerprint density at radius 2 is 1.58 bits per heavy atom. The molecule has 0 saturated carbocycles. The Morgan fingerprint density at radius 3 is 2.24 bits per heavy atom. The normalized spacial score (nSPS) is 14.8. The molecule has 0 bridgehead atoms. The minimum absolute atomic E-state index is 0.0982. The minimum Gasteiger partial charge on any atom is -0.336 e. The zero-order valence-electron chi connectivity index (χ0n) is 18.4. The highest BCUT2D eigenvalue weighted by Crippen LogP contribution is 2.23. The van der Waals surface area contributed by atoms with E-state index in [-0.39, 0.29) is 10.8 Å². The minimum atomic E-state index is -3.78. The van der Waals surface area contributed by atoms with Crippen molar-refractivity contribution in [1.82, 2.24) is 9.80 Å². The van der Waals surface area contributed by atoms with E-state index in [0.717, 1.165) is 19.6 Å². The highest BCUT2D eigenvalue weighted by Gasteiger charge is 2.25. The first-order valence-corrected chi connectivity index (χ1v) is 12.6. The summed E-state index contributed by atoms with van der Waals surface area (Å²) in [6.07, 6.45) is 0. The molecule has 0 unspecified atom stereocenters. The highest BCUT2D eigenvalue weighted by molar-refractivity contribution is 7.92. The van der Waals surface area contributed by atoms with Gasteiger partial charge in [-0.15, -0.1) is 0 Å². The molecular formula is C25H26ClN3O3S. The van der Waals surface area contributed by atoms with Gasteiger partial charge in [0, 0.05) is 50.4 Å². The first kappa shape index (κ1) is 23.3. The van der Waals surface area contributed by atoms with Crippen molar-refractivity contribution in [3.05, 3.63) is 95.0 Å². The quantitative estimate of drug-likeness (QED) is 0.529. The number of anilines is 1. The maximum Gasteiger partial charge on any atom is 0.264 e. The molecule has 0 spiro atoms. The van der Waals surface area contributed by atoms with E-state index < -0.39 is 10.0 Å². The number of rotatable bonds is 6. The van der Waals surface area contributed by atoms with Crippen molar-refractivity contribution in [2.24, 2.45) is 0 Å². The van der Waals surface area contributed by atoms with Crippen LogP contribution in [-0.2, 0) is 16.6 Å². The monoisotopic (exact) mass is 483 g/mol. The standard InChI is InChI=1S/C25H26ClN3O3S/c1-27(23-7-3-2-4-8-23)33(31,32)24-9-5-6-21(18-24)25(30)29-16-14-28(15-17-29)19-20-10-12-22(26)13-11-20/h2-13,18H,14-17,19H2,1H3. The Kier molecular flexibility index (Phi) is 7.02. The molecule has 1 amide bonds. The maximum absolute atomic E-state index is 13.1. The lowest BCUT2D eigenvalue weighted by Gasteiger charge is -2.35. The van der Waals surface area contributed by atoms with Gasteiger partial charge in [-0.1, -0.05) is 48.0 Å². The molecule has 0 N–H and O–H groups in total. The van der Waals surface area contributed by atoms with Crippen molar-refractivity contribution >= 4 is 33.2 Å². The van der Waals surface area contributed by atoms with Gasteiger partial charge in [-0.25, -0.2) is 8.42 Å². The molecule has 4 rings (SSSR count).